The summed E-state index contributed by atoms with van der Waals surface area (Å²) in [5.41, 5.74) is 1.87. The van der Waals surface area contributed by atoms with E-state index in [4.69, 9.17) is 0 Å². The van der Waals surface area contributed by atoms with Crippen molar-refractivity contribution >= 4 is 21.7 Å². The molecule has 1 heterocycles. The number of carbonyl (C=O) groups is 1. The summed E-state index contributed by atoms with van der Waals surface area (Å²) in [6.45, 7) is 3.61. The number of benzene rings is 2. The van der Waals surface area contributed by atoms with Gasteiger partial charge in [0.25, 0.3) is 0 Å². The molecule has 150 valence electrons. The largest absolute Gasteiger partial charge is 0.338 e. The number of aryl methyl sites for hydroxylation is 1. The second-order valence-electron chi connectivity index (χ2n) is 7.20. The zero-order valence-corrected chi connectivity index (χ0v) is 16.9. The van der Waals surface area contributed by atoms with E-state index >= 15 is 0 Å². The van der Waals surface area contributed by atoms with Gasteiger partial charge in [0.05, 0.1) is 4.90 Å². The molecule has 0 spiro atoms. The van der Waals surface area contributed by atoms with Crippen LogP contribution in [0.2, 0.25) is 0 Å². The van der Waals surface area contributed by atoms with E-state index < -0.39 is 10.0 Å². The monoisotopic (exact) mass is 401 g/mol. The Morgan fingerprint density at radius 1 is 1.07 bits per heavy atom. The van der Waals surface area contributed by atoms with E-state index in [0.717, 1.165) is 30.5 Å². The van der Waals surface area contributed by atoms with Crippen LogP contribution in [0.25, 0.3) is 0 Å². The summed E-state index contributed by atoms with van der Waals surface area (Å²) in [4.78, 5) is 12.3. The van der Waals surface area contributed by atoms with Crippen molar-refractivity contribution in [1.82, 2.24) is 9.62 Å². The van der Waals surface area contributed by atoms with E-state index in [1.807, 2.05) is 37.3 Å². The molecule has 1 fully saturated rings. The molecule has 0 saturated carbocycles. The summed E-state index contributed by atoms with van der Waals surface area (Å²) < 4.78 is 26.9. The topological polar surface area (TPSA) is 78.5 Å². The second kappa shape index (κ2) is 9.21. The van der Waals surface area contributed by atoms with Gasteiger partial charge in [0, 0.05) is 25.3 Å². The molecule has 0 radical (unpaired) electrons. The molecule has 0 atom stereocenters. The van der Waals surface area contributed by atoms with Crippen molar-refractivity contribution in [1.29, 1.82) is 0 Å². The first-order chi connectivity index (χ1) is 13.4. The van der Waals surface area contributed by atoms with E-state index in [0.29, 0.717) is 30.4 Å². The first-order valence-corrected chi connectivity index (χ1v) is 11.1. The number of anilines is 1. The molecule has 6 nitrogen and oxygen atoms in total. The van der Waals surface area contributed by atoms with E-state index in [-0.39, 0.29) is 6.03 Å². The van der Waals surface area contributed by atoms with Gasteiger partial charge in [-0.2, -0.15) is 4.31 Å². The normalized spacial score (nSPS) is 15.9. The summed E-state index contributed by atoms with van der Waals surface area (Å²) >= 11 is 0. The van der Waals surface area contributed by atoms with Crippen LogP contribution in [0.4, 0.5) is 10.5 Å². The third-order valence-electron chi connectivity index (χ3n) is 5.07. The molecule has 2 aromatic carbocycles. The molecule has 28 heavy (non-hydrogen) atoms. The molecule has 0 aliphatic carbocycles. The van der Waals surface area contributed by atoms with Gasteiger partial charge >= 0.3 is 6.03 Å². The standard InChI is InChI=1S/C21H27N3O3S/c1-17-6-5-7-19(16-17)23-21(25)22-13-10-18-11-14-24(15-12-18)28(26,27)20-8-3-2-4-9-20/h2-9,16,18H,10-15H2,1H3,(H2,22,23,25). The average Bonchev–Trinajstić information content (AvgIpc) is 2.69. The molecule has 0 bridgehead atoms. The minimum atomic E-state index is -3.40. The number of amides is 2. The third kappa shape index (κ3) is 5.33. The number of sulfonamides is 1. The van der Waals surface area contributed by atoms with Crippen LogP contribution >= 0.6 is 0 Å². The van der Waals surface area contributed by atoms with Crippen molar-refractivity contribution < 1.29 is 13.2 Å². The van der Waals surface area contributed by atoms with Gasteiger partial charge in [-0.15, -0.1) is 0 Å². The highest BCUT2D eigenvalue weighted by Gasteiger charge is 2.29. The Kier molecular flexibility index (Phi) is 6.70. The molecule has 1 aliphatic rings. The van der Waals surface area contributed by atoms with Crippen molar-refractivity contribution in [3.63, 3.8) is 0 Å². The lowest BCUT2D eigenvalue weighted by Crippen LogP contribution is -2.39. The van der Waals surface area contributed by atoms with Crippen LogP contribution in [0.1, 0.15) is 24.8 Å². The number of urea groups is 1. The maximum atomic E-state index is 12.7. The SMILES string of the molecule is Cc1cccc(NC(=O)NCCC2CCN(S(=O)(=O)c3ccccc3)CC2)c1. The number of hydrogen-bond donors (Lipinski definition) is 2. The molecule has 2 amide bonds. The highest BCUT2D eigenvalue weighted by Crippen LogP contribution is 2.25. The highest BCUT2D eigenvalue weighted by atomic mass is 32.2. The molecule has 7 heteroatoms. The van der Waals surface area contributed by atoms with Gasteiger partial charge in [-0.1, -0.05) is 30.3 Å². The Balaban J connectivity index is 1.40. The Hall–Kier alpha value is -2.38. The number of nitrogens with one attached hydrogen (secondary N) is 2. The van der Waals surface area contributed by atoms with Gasteiger partial charge in [-0.05, 0) is 61.9 Å². The smallest absolute Gasteiger partial charge is 0.319 e. The molecule has 1 saturated heterocycles. The Morgan fingerprint density at radius 2 is 1.79 bits per heavy atom. The van der Waals surface area contributed by atoms with Crippen LogP contribution in [0.3, 0.4) is 0 Å². The maximum absolute atomic E-state index is 12.7. The van der Waals surface area contributed by atoms with Crippen LogP contribution in [0.15, 0.2) is 59.5 Å². The van der Waals surface area contributed by atoms with E-state index in [1.54, 1.807) is 28.6 Å². The average molecular weight is 402 g/mol. The van der Waals surface area contributed by atoms with Crippen LogP contribution < -0.4 is 10.6 Å². The van der Waals surface area contributed by atoms with E-state index in [2.05, 4.69) is 10.6 Å². The lowest BCUT2D eigenvalue weighted by Gasteiger charge is -2.31. The Bertz CT molecular complexity index is 892. The van der Waals surface area contributed by atoms with Gasteiger partial charge in [0.15, 0.2) is 0 Å². The molecule has 3 rings (SSSR count). The quantitative estimate of drug-likeness (QED) is 0.776. The van der Waals surface area contributed by atoms with Gasteiger partial charge in [-0.25, -0.2) is 13.2 Å². The predicted octanol–water partition coefficient (Wildman–Crippen LogP) is 3.61. The first-order valence-electron chi connectivity index (χ1n) is 9.62. The predicted molar refractivity (Wildman–Crippen MR) is 111 cm³/mol. The van der Waals surface area contributed by atoms with Crippen molar-refractivity contribution in [3.8, 4) is 0 Å². The van der Waals surface area contributed by atoms with Crippen LogP contribution in [0.5, 0.6) is 0 Å². The van der Waals surface area contributed by atoms with Crippen LogP contribution in [0, 0.1) is 12.8 Å². The number of nitrogens with zero attached hydrogens (tertiary/aromatic N) is 1. The van der Waals surface area contributed by atoms with Gasteiger partial charge in [0.1, 0.15) is 0 Å². The van der Waals surface area contributed by atoms with Crippen molar-refractivity contribution in [2.24, 2.45) is 5.92 Å². The zero-order chi connectivity index (χ0) is 20.0. The number of piperidine rings is 1. The van der Waals surface area contributed by atoms with Crippen molar-refractivity contribution in [2.75, 3.05) is 25.0 Å². The first kappa shape index (κ1) is 20.4. The van der Waals surface area contributed by atoms with Crippen LogP contribution in [-0.2, 0) is 10.0 Å². The number of hydrogen-bond acceptors (Lipinski definition) is 3. The Morgan fingerprint density at radius 3 is 2.46 bits per heavy atom. The molecule has 1 aliphatic heterocycles. The fourth-order valence-corrected chi connectivity index (χ4v) is 4.96. The molecule has 0 aromatic heterocycles. The molecular formula is C21H27N3O3S. The lowest BCUT2D eigenvalue weighted by atomic mass is 9.95. The van der Waals surface area contributed by atoms with Crippen molar-refractivity contribution in [3.05, 3.63) is 60.2 Å². The molecule has 2 N–H and O–H groups in total. The Labute approximate surface area is 167 Å². The summed E-state index contributed by atoms with van der Waals surface area (Å²) in [5.74, 6) is 0.418. The highest BCUT2D eigenvalue weighted by molar-refractivity contribution is 7.89. The van der Waals surface area contributed by atoms with Crippen LogP contribution in [-0.4, -0.2) is 38.4 Å². The number of carbonyl (C=O) groups excluding carboxylic acids is 1. The van der Waals surface area contributed by atoms with E-state index in [9.17, 15) is 13.2 Å². The maximum Gasteiger partial charge on any atom is 0.319 e. The minimum Gasteiger partial charge on any atom is -0.338 e. The third-order valence-corrected chi connectivity index (χ3v) is 6.98. The minimum absolute atomic E-state index is 0.213. The molecule has 2 aromatic rings. The van der Waals surface area contributed by atoms with E-state index in [1.165, 1.54) is 0 Å². The summed E-state index contributed by atoms with van der Waals surface area (Å²) in [6.07, 6.45) is 2.47. The zero-order valence-electron chi connectivity index (χ0n) is 16.1. The van der Waals surface area contributed by atoms with Gasteiger partial charge in [-0.3, -0.25) is 0 Å². The number of rotatable bonds is 6. The summed E-state index contributed by atoms with van der Waals surface area (Å²) in [5, 5.41) is 5.71. The second-order valence-corrected chi connectivity index (χ2v) is 9.14. The fourth-order valence-electron chi connectivity index (χ4n) is 3.47. The van der Waals surface area contributed by atoms with Gasteiger partial charge in [0.2, 0.25) is 10.0 Å². The molecular weight excluding hydrogens is 374 g/mol. The summed E-state index contributed by atoms with van der Waals surface area (Å²) in [7, 11) is -3.40. The van der Waals surface area contributed by atoms with Crippen molar-refractivity contribution in [2.45, 2.75) is 31.1 Å². The summed E-state index contributed by atoms with van der Waals surface area (Å²) in [6, 6.07) is 16.0. The fraction of sp³-hybridized carbons (Fsp3) is 0.381. The molecule has 0 unspecified atom stereocenters. The van der Waals surface area contributed by atoms with Gasteiger partial charge < -0.3 is 10.6 Å². The lowest BCUT2D eigenvalue weighted by molar-refractivity contribution is 0.245.